The van der Waals surface area contributed by atoms with Crippen LogP contribution in [0.4, 0.5) is 0 Å². The Balaban J connectivity index is -0.000000280. The third kappa shape index (κ3) is 48.9. The van der Waals surface area contributed by atoms with Crippen LogP contribution in [0, 0.1) is 0 Å². The summed E-state index contributed by atoms with van der Waals surface area (Å²) in [5, 5.41) is 0. The first kappa shape index (κ1) is 22.2. The van der Waals surface area contributed by atoms with E-state index in [0.29, 0.717) is 0 Å². The van der Waals surface area contributed by atoms with Crippen LogP contribution < -0.4 is 0 Å². The Labute approximate surface area is 104 Å². The molecule has 7 heteroatoms. The quantitative estimate of drug-likeness (QED) is 0.459. The van der Waals surface area contributed by atoms with Crippen LogP contribution in [0.15, 0.2) is 0 Å². The molecule has 0 amide bonds. The van der Waals surface area contributed by atoms with Crippen molar-refractivity contribution in [3.8, 4) is 0 Å². The van der Waals surface area contributed by atoms with Crippen LogP contribution in [0.1, 0.15) is 52.4 Å². The highest BCUT2D eigenvalue weighted by molar-refractivity contribution is 7.45. The monoisotopic (exact) mass is 274 g/mol. The molecule has 108 valence electrons. The lowest BCUT2D eigenvalue weighted by atomic mass is 10.2. The van der Waals surface area contributed by atoms with Gasteiger partial charge in [0.2, 0.25) is 0 Å². The molecule has 0 aromatic heterocycles. The molecule has 0 spiro atoms. The maximum Gasteiger partial charge on any atom is 0.466 e. The minimum Gasteiger partial charge on any atom is -0.412 e. The van der Waals surface area contributed by atoms with Crippen LogP contribution in [0.3, 0.4) is 0 Å². The van der Waals surface area contributed by atoms with Crippen molar-refractivity contribution >= 4 is 7.82 Å². The van der Waals surface area contributed by atoms with Gasteiger partial charge in [-0.25, -0.2) is 4.57 Å². The first-order chi connectivity index (χ1) is 7.41. The summed E-state index contributed by atoms with van der Waals surface area (Å²) in [7, 11) is -4.64. The van der Waals surface area contributed by atoms with E-state index in [0.717, 1.165) is 13.2 Å². The standard InChI is InChI=1S/C10H22O.H3O4P.H2O/c1-3-5-7-9-11-10-8-6-4-2;1-5(2,3)4;/h3-10H2,1-2H3;(H3,1,2,3,4);1H2. The third-order valence-corrected chi connectivity index (χ3v) is 1.78. The van der Waals surface area contributed by atoms with Crippen LogP contribution in [0.2, 0.25) is 0 Å². The van der Waals surface area contributed by atoms with Crippen molar-refractivity contribution in [2.75, 3.05) is 13.2 Å². The van der Waals surface area contributed by atoms with E-state index in [1.54, 1.807) is 0 Å². The summed E-state index contributed by atoms with van der Waals surface area (Å²) in [4.78, 5) is 21.6. The highest BCUT2D eigenvalue weighted by Crippen LogP contribution is 2.25. The minimum absolute atomic E-state index is 0. The molecular weight excluding hydrogens is 247 g/mol. The molecule has 0 heterocycles. The van der Waals surface area contributed by atoms with Crippen molar-refractivity contribution in [2.24, 2.45) is 0 Å². The van der Waals surface area contributed by atoms with E-state index in [1.807, 2.05) is 0 Å². The molecule has 0 saturated carbocycles. The average Bonchev–Trinajstić information content (AvgIpc) is 2.14. The van der Waals surface area contributed by atoms with E-state index in [4.69, 9.17) is 24.0 Å². The second-order valence-corrected chi connectivity index (χ2v) is 4.57. The van der Waals surface area contributed by atoms with Gasteiger partial charge in [-0.05, 0) is 12.8 Å². The minimum atomic E-state index is -4.64. The van der Waals surface area contributed by atoms with Gasteiger partial charge in [-0.1, -0.05) is 39.5 Å². The van der Waals surface area contributed by atoms with Crippen LogP contribution in [0.25, 0.3) is 0 Å². The van der Waals surface area contributed by atoms with Crippen molar-refractivity contribution in [1.82, 2.24) is 0 Å². The smallest absolute Gasteiger partial charge is 0.412 e. The molecule has 17 heavy (non-hydrogen) atoms. The van der Waals surface area contributed by atoms with Crippen LogP contribution >= 0.6 is 7.82 Å². The molecule has 0 atom stereocenters. The Bertz CT molecular complexity index is 154. The zero-order valence-corrected chi connectivity index (χ0v) is 11.7. The molecular formula is C10H27O6P. The zero-order chi connectivity index (χ0) is 12.9. The lowest BCUT2D eigenvalue weighted by molar-refractivity contribution is 0.126. The molecule has 0 aromatic carbocycles. The maximum absolute atomic E-state index is 8.88. The summed E-state index contributed by atoms with van der Waals surface area (Å²) < 4.78 is 14.3. The van der Waals surface area contributed by atoms with Crippen LogP contribution in [-0.2, 0) is 9.30 Å². The molecule has 0 rings (SSSR count). The Morgan fingerprint density at radius 3 is 1.41 bits per heavy atom. The molecule has 6 nitrogen and oxygen atoms in total. The number of phosphoric acid groups is 1. The molecule has 0 bridgehead atoms. The lowest BCUT2D eigenvalue weighted by Crippen LogP contribution is -1.96. The van der Waals surface area contributed by atoms with Crippen molar-refractivity contribution in [2.45, 2.75) is 52.4 Å². The molecule has 0 aliphatic carbocycles. The Hall–Kier alpha value is 0.0300. The highest BCUT2D eigenvalue weighted by atomic mass is 31.2. The third-order valence-electron chi connectivity index (χ3n) is 1.78. The number of rotatable bonds is 8. The fourth-order valence-corrected chi connectivity index (χ4v) is 1.01. The number of hydrogen-bond acceptors (Lipinski definition) is 2. The molecule has 0 aromatic rings. The van der Waals surface area contributed by atoms with Gasteiger partial charge in [0.05, 0.1) is 0 Å². The van der Waals surface area contributed by atoms with E-state index >= 15 is 0 Å². The molecule has 0 unspecified atom stereocenters. The normalized spacial score (nSPS) is 10.2. The van der Waals surface area contributed by atoms with Crippen molar-refractivity contribution < 1.29 is 29.5 Å². The number of hydrogen-bond donors (Lipinski definition) is 3. The van der Waals surface area contributed by atoms with Gasteiger partial charge in [-0.2, -0.15) is 0 Å². The molecule has 0 aliphatic rings. The van der Waals surface area contributed by atoms with Gasteiger partial charge in [0, 0.05) is 13.2 Å². The van der Waals surface area contributed by atoms with Crippen molar-refractivity contribution in [1.29, 1.82) is 0 Å². The first-order valence-electron chi connectivity index (χ1n) is 5.77. The van der Waals surface area contributed by atoms with E-state index in [2.05, 4.69) is 13.8 Å². The van der Waals surface area contributed by atoms with Crippen LogP contribution in [0.5, 0.6) is 0 Å². The molecule has 0 aliphatic heterocycles. The van der Waals surface area contributed by atoms with Gasteiger partial charge in [-0.15, -0.1) is 0 Å². The highest BCUT2D eigenvalue weighted by Gasteiger charge is 2.00. The van der Waals surface area contributed by atoms with E-state index in [-0.39, 0.29) is 5.48 Å². The fraction of sp³-hybridized carbons (Fsp3) is 1.00. The van der Waals surface area contributed by atoms with Crippen LogP contribution in [-0.4, -0.2) is 33.4 Å². The summed E-state index contributed by atoms with van der Waals surface area (Å²) in [5.74, 6) is 0. The predicted octanol–water partition coefficient (Wildman–Crippen LogP) is 1.63. The topological polar surface area (TPSA) is 118 Å². The van der Waals surface area contributed by atoms with E-state index in [9.17, 15) is 0 Å². The molecule has 0 radical (unpaired) electrons. The molecule has 5 N–H and O–H groups in total. The number of unbranched alkanes of at least 4 members (excludes halogenated alkanes) is 4. The molecule has 0 fully saturated rings. The summed E-state index contributed by atoms with van der Waals surface area (Å²) in [6.45, 7) is 6.38. The lowest BCUT2D eigenvalue weighted by Gasteiger charge is -2.01. The van der Waals surface area contributed by atoms with Gasteiger partial charge in [0.25, 0.3) is 0 Å². The summed E-state index contributed by atoms with van der Waals surface area (Å²) in [6, 6.07) is 0. The number of ether oxygens (including phenoxy) is 1. The van der Waals surface area contributed by atoms with Gasteiger partial charge < -0.3 is 24.9 Å². The zero-order valence-electron chi connectivity index (χ0n) is 10.8. The fourth-order valence-electron chi connectivity index (χ4n) is 1.01. The second kappa shape index (κ2) is 16.0. The van der Waals surface area contributed by atoms with E-state index < -0.39 is 7.82 Å². The Morgan fingerprint density at radius 1 is 0.882 bits per heavy atom. The van der Waals surface area contributed by atoms with Gasteiger partial charge >= 0.3 is 7.82 Å². The van der Waals surface area contributed by atoms with Gasteiger partial charge in [0.15, 0.2) is 0 Å². The first-order valence-corrected chi connectivity index (χ1v) is 7.34. The summed E-state index contributed by atoms with van der Waals surface area (Å²) in [6.07, 6.45) is 7.68. The Kier molecular flexibility index (Phi) is 21.0. The maximum atomic E-state index is 8.88. The largest absolute Gasteiger partial charge is 0.466 e. The summed E-state index contributed by atoms with van der Waals surface area (Å²) in [5.41, 5.74) is 0. The average molecular weight is 274 g/mol. The van der Waals surface area contributed by atoms with Gasteiger partial charge in [-0.3, -0.25) is 0 Å². The predicted molar refractivity (Wildman–Crippen MR) is 67.7 cm³/mol. The SMILES string of the molecule is CCCCCOCCCCC.O.O=P(O)(O)O. The Morgan fingerprint density at radius 2 is 1.18 bits per heavy atom. The van der Waals surface area contributed by atoms with Crippen molar-refractivity contribution in [3.63, 3.8) is 0 Å². The van der Waals surface area contributed by atoms with Gasteiger partial charge in [0.1, 0.15) is 0 Å². The van der Waals surface area contributed by atoms with Crippen molar-refractivity contribution in [3.05, 3.63) is 0 Å². The second-order valence-electron chi connectivity index (χ2n) is 3.54. The molecule has 0 saturated heterocycles. The van der Waals surface area contributed by atoms with E-state index in [1.165, 1.54) is 38.5 Å². The summed E-state index contributed by atoms with van der Waals surface area (Å²) >= 11 is 0.